The molecule has 3 rings (SSSR count). The second-order valence-electron chi connectivity index (χ2n) is 6.60. The fourth-order valence-electron chi connectivity index (χ4n) is 2.80. The van der Waals surface area contributed by atoms with Crippen molar-refractivity contribution in [2.45, 2.75) is 6.54 Å². The number of hydrogen-bond donors (Lipinski definition) is 1. The zero-order valence-electron chi connectivity index (χ0n) is 16.3. The SMILES string of the molecule is CN(Cc1ccc(Cl)cc1)C(=O)c1ccccc1OCC(=O)Nc1ccccc1F. The molecule has 3 aromatic carbocycles. The number of carbonyl (C=O) groups excluding carboxylic acids is 2. The number of rotatable bonds is 7. The Kier molecular flexibility index (Phi) is 7.03. The summed E-state index contributed by atoms with van der Waals surface area (Å²) in [7, 11) is 1.68. The van der Waals surface area contributed by atoms with E-state index in [-0.39, 0.29) is 24.0 Å². The van der Waals surface area contributed by atoms with Crippen molar-refractivity contribution in [2.75, 3.05) is 19.0 Å². The maximum atomic E-state index is 13.7. The van der Waals surface area contributed by atoms with Gasteiger partial charge in [-0.1, -0.05) is 48.0 Å². The molecule has 0 aliphatic carbocycles. The minimum absolute atomic E-state index is 0.0677. The number of anilines is 1. The summed E-state index contributed by atoms with van der Waals surface area (Å²) < 4.78 is 19.2. The third-order valence-corrected chi connectivity index (χ3v) is 4.56. The van der Waals surface area contributed by atoms with Crippen molar-refractivity contribution in [1.29, 1.82) is 0 Å². The number of carbonyl (C=O) groups is 2. The molecule has 0 aliphatic rings. The molecular weight excluding hydrogens is 407 g/mol. The van der Waals surface area contributed by atoms with E-state index in [1.807, 2.05) is 12.1 Å². The summed E-state index contributed by atoms with van der Waals surface area (Å²) in [6, 6.07) is 19.7. The van der Waals surface area contributed by atoms with Crippen LogP contribution in [-0.2, 0) is 11.3 Å². The van der Waals surface area contributed by atoms with Gasteiger partial charge in [-0.05, 0) is 42.0 Å². The van der Waals surface area contributed by atoms with E-state index < -0.39 is 11.7 Å². The van der Waals surface area contributed by atoms with Crippen molar-refractivity contribution in [3.05, 3.63) is 94.8 Å². The Morgan fingerprint density at radius 3 is 2.40 bits per heavy atom. The van der Waals surface area contributed by atoms with Gasteiger partial charge in [0.15, 0.2) is 6.61 Å². The lowest BCUT2D eigenvalue weighted by molar-refractivity contribution is -0.118. The third-order valence-electron chi connectivity index (χ3n) is 4.30. The van der Waals surface area contributed by atoms with Gasteiger partial charge in [-0.15, -0.1) is 0 Å². The predicted octanol–water partition coefficient (Wildman–Crippen LogP) is 4.77. The largest absolute Gasteiger partial charge is 0.483 e. The molecule has 30 heavy (non-hydrogen) atoms. The van der Waals surface area contributed by atoms with Gasteiger partial charge in [-0.3, -0.25) is 9.59 Å². The molecule has 154 valence electrons. The van der Waals surface area contributed by atoms with E-state index in [1.54, 1.807) is 54.4 Å². The Bertz CT molecular complexity index is 1040. The fraction of sp³-hybridized carbons (Fsp3) is 0.130. The molecule has 0 aliphatic heterocycles. The van der Waals surface area contributed by atoms with Gasteiger partial charge in [0.1, 0.15) is 11.6 Å². The summed E-state index contributed by atoms with van der Waals surface area (Å²) >= 11 is 5.90. The van der Waals surface area contributed by atoms with Gasteiger partial charge in [-0.2, -0.15) is 0 Å². The molecule has 1 N–H and O–H groups in total. The van der Waals surface area contributed by atoms with Gasteiger partial charge in [0.05, 0.1) is 11.3 Å². The summed E-state index contributed by atoms with van der Waals surface area (Å²) in [5.41, 5.74) is 1.32. The van der Waals surface area contributed by atoms with Crippen molar-refractivity contribution in [3.8, 4) is 5.75 Å². The number of benzene rings is 3. The zero-order valence-corrected chi connectivity index (χ0v) is 17.0. The smallest absolute Gasteiger partial charge is 0.262 e. The van der Waals surface area contributed by atoms with Crippen LogP contribution >= 0.6 is 11.6 Å². The second-order valence-corrected chi connectivity index (χ2v) is 7.04. The number of para-hydroxylation sites is 2. The highest BCUT2D eigenvalue weighted by Crippen LogP contribution is 2.21. The normalized spacial score (nSPS) is 10.4. The van der Waals surface area contributed by atoms with E-state index in [1.165, 1.54) is 18.2 Å². The number of halogens is 2. The van der Waals surface area contributed by atoms with Crippen molar-refractivity contribution < 1.29 is 18.7 Å². The molecule has 0 unspecified atom stereocenters. The van der Waals surface area contributed by atoms with Crippen LogP contribution in [0.2, 0.25) is 5.02 Å². The van der Waals surface area contributed by atoms with Crippen LogP contribution in [-0.4, -0.2) is 30.4 Å². The minimum atomic E-state index is -0.537. The van der Waals surface area contributed by atoms with E-state index in [0.29, 0.717) is 17.1 Å². The fourth-order valence-corrected chi connectivity index (χ4v) is 2.93. The van der Waals surface area contributed by atoms with E-state index >= 15 is 0 Å². The Hall–Kier alpha value is -3.38. The quantitative estimate of drug-likeness (QED) is 0.592. The van der Waals surface area contributed by atoms with Crippen LogP contribution in [0.4, 0.5) is 10.1 Å². The topological polar surface area (TPSA) is 58.6 Å². The van der Waals surface area contributed by atoms with Crippen LogP contribution in [0.5, 0.6) is 5.75 Å². The molecular formula is C23H20ClFN2O3. The molecule has 0 bridgehead atoms. The number of ether oxygens (including phenoxy) is 1. The van der Waals surface area contributed by atoms with Crippen LogP contribution in [0.1, 0.15) is 15.9 Å². The Balaban J connectivity index is 1.64. The highest BCUT2D eigenvalue weighted by molar-refractivity contribution is 6.30. The van der Waals surface area contributed by atoms with Gasteiger partial charge >= 0.3 is 0 Å². The Morgan fingerprint density at radius 1 is 1.00 bits per heavy atom. The van der Waals surface area contributed by atoms with Crippen molar-refractivity contribution in [1.82, 2.24) is 4.90 Å². The van der Waals surface area contributed by atoms with Gasteiger partial charge in [0, 0.05) is 18.6 Å². The first-order chi connectivity index (χ1) is 14.4. The average Bonchev–Trinajstić information content (AvgIpc) is 2.75. The standard InChI is InChI=1S/C23H20ClFN2O3/c1-27(14-16-10-12-17(24)13-11-16)23(29)18-6-2-5-9-21(18)30-15-22(28)26-20-8-4-3-7-19(20)25/h2-13H,14-15H2,1H3,(H,26,28). The highest BCUT2D eigenvalue weighted by Gasteiger charge is 2.18. The highest BCUT2D eigenvalue weighted by atomic mass is 35.5. The number of nitrogens with one attached hydrogen (secondary N) is 1. The summed E-state index contributed by atoms with van der Waals surface area (Å²) in [6.45, 7) is 0.0254. The van der Waals surface area contributed by atoms with Crippen LogP contribution < -0.4 is 10.1 Å². The van der Waals surface area contributed by atoms with Crippen molar-refractivity contribution in [3.63, 3.8) is 0 Å². The van der Waals surface area contributed by atoms with E-state index in [2.05, 4.69) is 5.32 Å². The number of nitrogens with zero attached hydrogens (tertiary/aromatic N) is 1. The molecule has 0 saturated heterocycles. The summed E-state index contributed by atoms with van der Waals surface area (Å²) in [5, 5.41) is 3.07. The molecule has 0 aromatic heterocycles. The van der Waals surface area contributed by atoms with Gasteiger partial charge in [0.25, 0.3) is 11.8 Å². The Morgan fingerprint density at radius 2 is 1.67 bits per heavy atom. The maximum Gasteiger partial charge on any atom is 0.262 e. The van der Waals surface area contributed by atoms with Crippen LogP contribution in [0, 0.1) is 5.82 Å². The minimum Gasteiger partial charge on any atom is -0.483 e. The van der Waals surface area contributed by atoms with Gasteiger partial charge in [0.2, 0.25) is 0 Å². The molecule has 2 amide bonds. The first-order valence-corrected chi connectivity index (χ1v) is 9.58. The monoisotopic (exact) mass is 426 g/mol. The first kappa shape index (κ1) is 21.3. The van der Waals surface area contributed by atoms with Crippen LogP contribution in [0.25, 0.3) is 0 Å². The van der Waals surface area contributed by atoms with Crippen LogP contribution in [0.3, 0.4) is 0 Å². The Labute approximate surface area is 179 Å². The summed E-state index contributed by atoms with van der Waals surface area (Å²) in [5.74, 6) is -1.05. The molecule has 0 heterocycles. The maximum absolute atomic E-state index is 13.7. The molecule has 0 atom stereocenters. The molecule has 5 nitrogen and oxygen atoms in total. The molecule has 0 saturated carbocycles. The number of amides is 2. The molecule has 7 heteroatoms. The average molecular weight is 427 g/mol. The van der Waals surface area contributed by atoms with E-state index in [4.69, 9.17) is 16.3 Å². The third kappa shape index (κ3) is 5.58. The van der Waals surface area contributed by atoms with Gasteiger partial charge < -0.3 is 15.0 Å². The summed E-state index contributed by atoms with van der Waals surface area (Å²) in [6.07, 6.45) is 0. The van der Waals surface area contributed by atoms with E-state index in [9.17, 15) is 14.0 Å². The first-order valence-electron chi connectivity index (χ1n) is 9.20. The van der Waals surface area contributed by atoms with E-state index in [0.717, 1.165) is 5.56 Å². The second kappa shape index (κ2) is 9.89. The predicted molar refractivity (Wildman–Crippen MR) is 114 cm³/mol. The van der Waals surface area contributed by atoms with Crippen molar-refractivity contribution in [2.24, 2.45) is 0 Å². The lowest BCUT2D eigenvalue weighted by Gasteiger charge is -2.19. The van der Waals surface area contributed by atoms with Crippen molar-refractivity contribution >= 4 is 29.1 Å². The summed E-state index contributed by atoms with van der Waals surface area (Å²) in [4.78, 5) is 26.5. The molecule has 0 fully saturated rings. The molecule has 0 radical (unpaired) electrons. The zero-order chi connectivity index (χ0) is 21.5. The molecule has 0 spiro atoms. The molecule has 3 aromatic rings. The lowest BCUT2D eigenvalue weighted by Crippen LogP contribution is -2.27. The number of hydrogen-bond acceptors (Lipinski definition) is 3. The van der Waals surface area contributed by atoms with Gasteiger partial charge in [-0.25, -0.2) is 4.39 Å². The lowest BCUT2D eigenvalue weighted by atomic mass is 10.1. The van der Waals surface area contributed by atoms with Crippen LogP contribution in [0.15, 0.2) is 72.8 Å².